The Bertz CT molecular complexity index is 808. The van der Waals surface area contributed by atoms with E-state index in [4.69, 9.17) is 4.74 Å². The number of guanidine groups is 1. The highest BCUT2D eigenvalue weighted by Gasteiger charge is 2.58. The number of sulfone groups is 1. The summed E-state index contributed by atoms with van der Waals surface area (Å²) in [6.45, 7) is 8.90. The topological polar surface area (TPSA) is 79.8 Å². The fourth-order valence-corrected chi connectivity index (χ4v) is 4.47. The van der Waals surface area contributed by atoms with Crippen LogP contribution in [0.5, 0.6) is 0 Å². The zero-order chi connectivity index (χ0) is 19.8. The minimum atomic E-state index is -3.19. The molecule has 2 atom stereocenters. The highest BCUT2D eigenvalue weighted by molar-refractivity contribution is 14.0. The lowest BCUT2D eigenvalue weighted by molar-refractivity contribution is -0.176. The monoisotopic (exact) mass is 509 g/mol. The SMILES string of the molecule is CN=C(NCc1ccc(S(C)(=O)=O)c(C)c1)NC1CC(C)(OC)C1(C)C.I. The molecule has 1 aliphatic rings. The van der Waals surface area contributed by atoms with E-state index in [2.05, 4.69) is 36.4 Å². The van der Waals surface area contributed by atoms with Gasteiger partial charge in [-0.3, -0.25) is 4.99 Å². The summed E-state index contributed by atoms with van der Waals surface area (Å²) < 4.78 is 29.1. The van der Waals surface area contributed by atoms with Crippen LogP contribution in [0.15, 0.2) is 28.1 Å². The van der Waals surface area contributed by atoms with Crippen LogP contribution in [0.2, 0.25) is 0 Å². The molecule has 0 saturated heterocycles. The Kier molecular flexibility index (Phi) is 7.74. The molecule has 27 heavy (non-hydrogen) atoms. The standard InChI is InChI=1S/C19H31N3O3S.HI/c1-13-10-14(8-9-15(13)26(7,23)24)12-21-17(20-5)22-16-11-19(4,25-6)18(16,2)3;/h8-10,16H,11-12H2,1-7H3,(H2,20,21,22);1H. The first-order valence-electron chi connectivity index (χ1n) is 8.76. The van der Waals surface area contributed by atoms with E-state index >= 15 is 0 Å². The number of aryl methyl sites for hydroxylation is 1. The Hall–Kier alpha value is -0.870. The minimum Gasteiger partial charge on any atom is -0.378 e. The van der Waals surface area contributed by atoms with Gasteiger partial charge in [0, 0.05) is 38.4 Å². The average molecular weight is 509 g/mol. The van der Waals surface area contributed by atoms with Gasteiger partial charge in [-0.2, -0.15) is 0 Å². The molecule has 1 aromatic rings. The number of ether oxygens (including phenoxy) is 1. The molecule has 0 amide bonds. The Morgan fingerprint density at radius 3 is 2.41 bits per heavy atom. The fraction of sp³-hybridized carbons (Fsp3) is 0.632. The molecule has 0 bridgehead atoms. The van der Waals surface area contributed by atoms with Gasteiger partial charge in [0.15, 0.2) is 15.8 Å². The number of nitrogens with zero attached hydrogens (tertiary/aromatic N) is 1. The zero-order valence-corrected chi connectivity index (χ0v) is 20.4. The van der Waals surface area contributed by atoms with Gasteiger partial charge in [-0.1, -0.05) is 26.0 Å². The highest BCUT2D eigenvalue weighted by Crippen LogP contribution is 2.51. The van der Waals surface area contributed by atoms with Crippen molar-refractivity contribution in [3.05, 3.63) is 29.3 Å². The molecule has 1 fully saturated rings. The minimum absolute atomic E-state index is 0. The predicted octanol–water partition coefficient (Wildman–Crippen LogP) is 2.89. The summed E-state index contributed by atoms with van der Waals surface area (Å²) in [4.78, 5) is 4.67. The molecule has 2 unspecified atom stereocenters. The molecule has 2 rings (SSSR count). The van der Waals surface area contributed by atoms with Crippen molar-refractivity contribution in [2.24, 2.45) is 10.4 Å². The number of hydrogen-bond acceptors (Lipinski definition) is 4. The number of rotatable bonds is 5. The van der Waals surface area contributed by atoms with E-state index < -0.39 is 9.84 Å². The summed E-state index contributed by atoms with van der Waals surface area (Å²) in [7, 11) is 0.309. The van der Waals surface area contributed by atoms with Gasteiger partial charge in [0.25, 0.3) is 0 Å². The smallest absolute Gasteiger partial charge is 0.191 e. The number of halogens is 1. The van der Waals surface area contributed by atoms with Crippen LogP contribution in [-0.4, -0.2) is 46.4 Å². The molecule has 6 nitrogen and oxygen atoms in total. The van der Waals surface area contributed by atoms with Crippen LogP contribution >= 0.6 is 24.0 Å². The van der Waals surface area contributed by atoms with Gasteiger partial charge in [0.2, 0.25) is 0 Å². The third-order valence-corrected chi connectivity index (χ3v) is 7.17. The summed E-state index contributed by atoms with van der Waals surface area (Å²) in [5.74, 6) is 0.728. The fourth-order valence-electron chi connectivity index (χ4n) is 3.51. The van der Waals surface area contributed by atoms with Crippen LogP contribution in [0.25, 0.3) is 0 Å². The van der Waals surface area contributed by atoms with Gasteiger partial charge in [0.1, 0.15) is 0 Å². The third-order valence-electron chi connectivity index (χ3n) is 5.91. The van der Waals surface area contributed by atoms with E-state index in [-0.39, 0.29) is 41.0 Å². The lowest BCUT2D eigenvalue weighted by Crippen LogP contribution is -2.69. The quantitative estimate of drug-likeness (QED) is 0.363. The number of aliphatic imine (C=N–C) groups is 1. The van der Waals surface area contributed by atoms with Gasteiger partial charge >= 0.3 is 0 Å². The average Bonchev–Trinajstić information content (AvgIpc) is 2.56. The largest absolute Gasteiger partial charge is 0.378 e. The van der Waals surface area contributed by atoms with E-state index in [0.29, 0.717) is 11.4 Å². The third kappa shape index (κ3) is 4.95. The van der Waals surface area contributed by atoms with Crippen LogP contribution < -0.4 is 10.6 Å². The van der Waals surface area contributed by atoms with Crippen molar-refractivity contribution in [1.29, 1.82) is 0 Å². The molecule has 0 spiro atoms. The van der Waals surface area contributed by atoms with E-state index in [9.17, 15) is 8.42 Å². The van der Waals surface area contributed by atoms with Crippen LogP contribution in [0.3, 0.4) is 0 Å². The maximum absolute atomic E-state index is 11.7. The van der Waals surface area contributed by atoms with Gasteiger partial charge in [-0.25, -0.2) is 8.42 Å². The maximum Gasteiger partial charge on any atom is 0.191 e. The van der Waals surface area contributed by atoms with Crippen molar-refractivity contribution in [3.63, 3.8) is 0 Å². The molecule has 8 heteroatoms. The Labute approximate surface area is 180 Å². The van der Waals surface area contributed by atoms with Crippen molar-refractivity contribution >= 4 is 39.8 Å². The summed E-state index contributed by atoms with van der Waals surface area (Å²) in [6, 6.07) is 5.66. The van der Waals surface area contributed by atoms with Gasteiger partial charge < -0.3 is 15.4 Å². The molecular formula is C19H32IN3O3S. The Morgan fingerprint density at radius 2 is 1.96 bits per heavy atom. The van der Waals surface area contributed by atoms with Crippen LogP contribution in [0.4, 0.5) is 0 Å². The second-order valence-electron chi connectivity index (χ2n) is 7.86. The molecule has 2 N–H and O–H groups in total. The van der Waals surface area contributed by atoms with Gasteiger partial charge in [-0.05, 0) is 37.5 Å². The number of hydrogen-bond donors (Lipinski definition) is 2. The molecule has 1 aromatic carbocycles. The van der Waals surface area contributed by atoms with Crippen LogP contribution in [0.1, 0.15) is 38.3 Å². The summed E-state index contributed by atoms with van der Waals surface area (Å²) in [5.41, 5.74) is 1.62. The molecule has 0 aliphatic heterocycles. The molecule has 0 heterocycles. The van der Waals surface area contributed by atoms with E-state index in [0.717, 1.165) is 23.5 Å². The molecule has 0 aromatic heterocycles. The number of benzene rings is 1. The van der Waals surface area contributed by atoms with Crippen molar-refractivity contribution in [3.8, 4) is 0 Å². The molecule has 1 saturated carbocycles. The van der Waals surface area contributed by atoms with E-state index in [1.54, 1.807) is 20.2 Å². The Balaban J connectivity index is 0.00000364. The normalized spacial score (nSPS) is 24.6. The van der Waals surface area contributed by atoms with Crippen molar-refractivity contribution in [2.75, 3.05) is 20.4 Å². The maximum atomic E-state index is 11.7. The summed E-state index contributed by atoms with van der Waals surface area (Å²) in [6.07, 6.45) is 2.15. The lowest BCUT2D eigenvalue weighted by atomic mass is 9.56. The molecule has 1 aliphatic carbocycles. The zero-order valence-electron chi connectivity index (χ0n) is 17.2. The first kappa shape index (κ1) is 24.2. The number of methoxy groups -OCH3 is 1. The second kappa shape index (κ2) is 8.65. The predicted molar refractivity (Wildman–Crippen MR) is 121 cm³/mol. The first-order valence-corrected chi connectivity index (χ1v) is 10.7. The van der Waals surface area contributed by atoms with Crippen molar-refractivity contribution in [1.82, 2.24) is 10.6 Å². The first-order chi connectivity index (χ1) is 11.9. The lowest BCUT2D eigenvalue weighted by Gasteiger charge is -2.59. The highest BCUT2D eigenvalue weighted by atomic mass is 127. The molecule has 154 valence electrons. The summed E-state index contributed by atoms with van der Waals surface area (Å²) in [5, 5.41) is 6.77. The van der Waals surface area contributed by atoms with Crippen LogP contribution in [0, 0.1) is 12.3 Å². The van der Waals surface area contributed by atoms with Crippen molar-refractivity contribution in [2.45, 2.75) is 57.2 Å². The molecule has 0 radical (unpaired) electrons. The van der Waals surface area contributed by atoms with Gasteiger partial charge in [-0.15, -0.1) is 24.0 Å². The Morgan fingerprint density at radius 1 is 1.33 bits per heavy atom. The number of nitrogens with one attached hydrogen (secondary N) is 2. The van der Waals surface area contributed by atoms with E-state index in [1.165, 1.54) is 6.26 Å². The van der Waals surface area contributed by atoms with Crippen LogP contribution in [-0.2, 0) is 21.1 Å². The van der Waals surface area contributed by atoms with E-state index in [1.807, 2.05) is 19.1 Å². The van der Waals surface area contributed by atoms with Gasteiger partial charge in [0.05, 0.1) is 10.5 Å². The molecular weight excluding hydrogens is 477 g/mol. The van der Waals surface area contributed by atoms with Crippen molar-refractivity contribution < 1.29 is 13.2 Å². The summed E-state index contributed by atoms with van der Waals surface area (Å²) >= 11 is 0. The second-order valence-corrected chi connectivity index (χ2v) is 9.84.